The summed E-state index contributed by atoms with van der Waals surface area (Å²) < 4.78 is 5.49. The third-order valence-electron chi connectivity index (χ3n) is 3.43. The van der Waals surface area contributed by atoms with Crippen LogP contribution in [0, 0.1) is 0 Å². The molecule has 1 nitrogen and oxygen atoms in total. The van der Waals surface area contributed by atoms with Crippen LogP contribution in [0.3, 0.4) is 0 Å². The molecule has 0 aliphatic carbocycles. The molecule has 1 heterocycles. The fourth-order valence-corrected chi connectivity index (χ4v) is 2.03. The lowest BCUT2D eigenvalue weighted by atomic mass is 9.98. The third-order valence-corrected chi connectivity index (χ3v) is 3.43. The van der Waals surface area contributed by atoms with Gasteiger partial charge in [-0.15, -0.1) is 0 Å². The highest BCUT2D eigenvalue weighted by Gasteiger charge is 2.41. The maximum Gasteiger partial charge on any atom is 0.0914 e. The predicted octanol–water partition coefficient (Wildman–Crippen LogP) is 4.31. The first-order valence-electron chi connectivity index (χ1n) is 6.47. The van der Waals surface area contributed by atoms with Crippen LogP contribution in [0.5, 0.6) is 0 Å². The minimum absolute atomic E-state index is 0.337. The fourth-order valence-electron chi connectivity index (χ4n) is 2.03. The van der Waals surface area contributed by atoms with Crippen LogP contribution < -0.4 is 0 Å². The number of hydrogen-bond acceptors (Lipinski definition) is 1. The van der Waals surface area contributed by atoms with Gasteiger partial charge in [-0.1, -0.05) is 58.8 Å². The van der Waals surface area contributed by atoms with Gasteiger partial charge in [0.15, 0.2) is 0 Å². The molecular weight excluding hydrogens is 172 g/mol. The summed E-state index contributed by atoms with van der Waals surface area (Å²) in [6.07, 6.45) is 12.4. The Morgan fingerprint density at radius 2 is 1.50 bits per heavy atom. The normalized spacial score (nSPS) is 25.3. The molecule has 1 fully saturated rings. The van der Waals surface area contributed by atoms with E-state index in [1.165, 1.54) is 57.8 Å². The molecule has 0 aromatic rings. The molecule has 0 aromatic heterocycles. The van der Waals surface area contributed by atoms with Crippen LogP contribution in [0.1, 0.15) is 71.6 Å². The molecule has 0 saturated carbocycles. The van der Waals surface area contributed by atoms with E-state index in [1.807, 2.05) is 0 Å². The smallest absolute Gasteiger partial charge is 0.0914 e. The van der Waals surface area contributed by atoms with Crippen LogP contribution in [0.4, 0.5) is 0 Å². The van der Waals surface area contributed by atoms with Crippen molar-refractivity contribution in [3.8, 4) is 0 Å². The lowest BCUT2D eigenvalue weighted by molar-refractivity contribution is 0.274. The Kier molecular flexibility index (Phi) is 5.54. The zero-order chi connectivity index (χ0) is 10.3. The molecular formula is C13H26O. The van der Waals surface area contributed by atoms with Crippen molar-refractivity contribution in [2.75, 3.05) is 6.61 Å². The van der Waals surface area contributed by atoms with Crippen LogP contribution in [-0.2, 0) is 4.74 Å². The quantitative estimate of drug-likeness (QED) is 0.397. The van der Waals surface area contributed by atoms with Crippen molar-refractivity contribution >= 4 is 0 Å². The van der Waals surface area contributed by atoms with Crippen LogP contribution >= 0.6 is 0 Å². The Morgan fingerprint density at radius 3 is 2.00 bits per heavy atom. The number of unbranched alkanes of at least 4 members (excludes halogenated alkanes) is 6. The van der Waals surface area contributed by atoms with Gasteiger partial charge in [-0.25, -0.2) is 0 Å². The minimum Gasteiger partial charge on any atom is -0.370 e. The summed E-state index contributed by atoms with van der Waals surface area (Å²) in [4.78, 5) is 0. The first-order chi connectivity index (χ1) is 6.83. The summed E-state index contributed by atoms with van der Waals surface area (Å²) in [5, 5.41) is 0. The van der Waals surface area contributed by atoms with E-state index in [4.69, 9.17) is 4.74 Å². The SMILES string of the molecule is CCCCCCCCCC1(CC)CO1. The van der Waals surface area contributed by atoms with E-state index in [2.05, 4.69) is 13.8 Å². The topological polar surface area (TPSA) is 12.5 Å². The molecule has 84 valence electrons. The highest BCUT2D eigenvalue weighted by atomic mass is 16.6. The Hall–Kier alpha value is -0.0400. The van der Waals surface area contributed by atoms with Gasteiger partial charge in [0.2, 0.25) is 0 Å². The van der Waals surface area contributed by atoms with E-state index in [0.717, 1.165) is 6.61 Å². The van der Waals surface area contributed by atoms with Crippen LogP contribution in [-0.4, -0.2) is 12.2 Å². The van der Waals surface area contributed by atoms with Crippen molar-refractivity contribution in [3.63, 3.8) is 0 Å². The Labute approximate surface area is 89.2 Å². The third kappa shape index (κ3) is 4.45. The largest absolute Gasteiger partial charge is 0.370 e. The zero-order valence-corrected chi connectivity index (χ0v) is 9.98. The van der Waals surface area contributed by atoms with Gasteiger partial charge in [0.25, 0.3) is 0 Å². The number of epoxide rings is 1. The number of ether oxygens (including phenoxy) is 1. The summed E-state index contributed by atoms with van der Waals surface area (Å²) in [5.74, 6) is 0. The monoisotopic (exact) mass is 198 g/mol. The first-order valence-corrected chi connectivity index (χ1v) is 6.47. The van der Waals surface area contributed by atoms with E-state index in [9.17, 15) is 0 Å². The van der Waals surface area contributed by atoms with Crippen LogP contribution in [0.15, 0.2) is 0 Å². The summed E-state index contributed by atoms with van der Waals surface area (Å²) in [5.41, 5.74) is 0.337. The predicted molar refractivity (Wildman–Crippen MR) is 61.6 cm³/mol. The molecule has 14 heavy (non-hydrogen) atoms. The molecule has 0 amide bonds. The van der Waals surface area contributed by atoms with Gasteiger partial charge < -0.3 is 4.74 Å². The second kappa shape index (κ2) is 6.44. The second-order valence-electron chi connectivity index (χ2n) is 4.70. The van der Waals surface area contributed by atoms with Gasteiger partial charge >= 0.3 is 0 Å². The Morgan fingerprint density at radius 1 is 0.929 bits per heavy atom. The van der Waals surface area contributed by atoms with E-state index in [0.29, 0.717) is 5.60 Å². The van der Waals surface area contributed by atoms with Crippen LogP contribution in [0.2, 0.25) is 0 Å². The second-order valence-corrected chi connectivity index (χ2v) is 4.70. The van der Waals surface area contributed by atoms with Crippen LogP contribution in [0.25, 0.3) is 0 Å². The van der Waals surface area contributed by atoms with Crippen molar-refractivity contribution in [1.82, 2.24) is 0 Å². The molecule has 1 unspecified atom stereocenters. The van der Waals surface area contributed by atoms with Gasteiger partial charge in [-0.2, -0.15) is 0 Å². The molecule has 0 N–H and O–H groups in total. The van der Waals surface area contributed by atoms with E-state index in [-0.39, 0.29) is 0 Å². The summed E-state index contributed by atoms with van der Waals surface area (Å²) in [7, 11) is 0. The summed E-state index contributed by atoms with van der Waals surface area (Å²) in [6.45, 7) is 5.54. The van der Waals surface area contributed by atoms with E-state index in [1.54, 1.807) is 0 Å². The number of hydrogen-bond donors (Lipinski definition) is 0. The molecule has 1 rings (SSSR count). The summed E-state index contributed by atoms with van der Waals surface area (Å²) in [6, 6.07) is 0. The minimum atomic E-state index is 0.337. The van der Waals surface area contributed by atoms with Crippen molar-refractivity contribution in [2.45, 2.75) is 77.2 Å². The number of rotatable bonds is 9. The van der Waals surface area contributed by atoms with Gasteiger partial charge in [-0.05, 0) is 12.8 Å². The molecule has 0 spiro atoms. The van der Waals surface area contributed by atoms with Crippen molar-refractivity contribution in [2.24, 2.45) is 0 Å². The molecule has 0 radical (unpaired) electrons. The summed E-state index contributed by atoms with van der Waals surface area (Å²) >= 11 is 0. The maximum atomic E-state index is 5.49. The molecule has 1 saturated heterocycles. The Bertz CT molecular complexity index is 138. The lowest BCUT2D eigenvalue weighted by Gasteiger charge is -2.07. The average molecular weight is 198 g/mol. The molecule has 1 heteroatoms. The van der Waals surface area contributed by atoms with Gasteiger partial charge in [0, 0.05) is 0 Å². The van der Waals surface area contributed by atoms with E-state index >= 15 is 0 Å². The van der Waals surface area contributed by atoms with Crippen molar-refractivity contribution in [3.05, 3.63) is 0 Å². The van der Waals surface area contributed by atoms with Gasteiger partial charge in [0.1, 0.15) is 0 Å². The van der Waals surface area contributed by atoms with Gasteiger partial charge in [0.05, 0.1) is 12.2 Å². The first kappa shape index (κ1) is 12.0. The van der Waals surface area contributed by atoms with Gasteiger partial charge in [-0.3, -0.25) is 0 Å². The maximum absolute atomic E-state index is 5.49. The van der Waals surface area contributed by atoms with Crippen molar-refractivity contribution < 1.29 is 4.74 Å². The molecule has 0 aromatic carbocycles. The Balaban J connectivity index is 1.80. The lowest BCUT2D eigenvalue weighted by Crippen LogP contribution is -2.08. The van der Waals surface area contributed by atoms with E-state index < -0.39 is 0 Å². The molecule has 1 aliphatic heterocycles. The average Bonchev–Trinajstić information content (AvgIpc) is 2.98. The fraction of sp³-hybridized carbons (Fsp3) is 1.00. The van der Waals surface area contributed by atoms with Crippen molar-refractivity contribution in [1.29, 1.82) is 0 Å². The zero-order valence-electron chi connectivity index (χ0n) is 9.98. The highest BCUT2D eigenvalue weighted by Crippen LogP contribution is 2.35. The molecule has 1 atom stereocenters. The molecule has 1 aliphatic rings. The molecule has 0 bridgehead atoms. The highest BCUT2D eigenvalue weighted by molar-refractivity contribution is 4.90. The standard InChI is InChI=1S/C13H26O/c1-3-5-6-7-8-9-10-11-13(4-2)12-14-13/h3-12H2,1-2H3.